The van der Waals surface area contributed by atoms with Crippen molar-refractivity contribution >= 4 is 12.0 Å². The number of anilines is 1. The van der Waals surface area contributed by atoms with Crippen molar-refractivity contribution in [3.05, 3.63) is 29.8 Å². The molecular formula is C13H17NO. The van der Waals surface area contributed by atoms with Gasteiger partial charge in [-0.1, -0.05) is 13.8 Å². The molecule has 0 bridgehead atoms. The molecule has 2 rings (SSSR count). The lowest BCUT2D eigenvalue weighted by Gasteiger charge is -2.18. The van der Waals surface area contributed by atoms with Gasteiger partial charge in [0.05, 0.1) is 0 Å². The van der Waals surface area contributed by atoms with Crippen LogP contribution in [0.25, 0.3) is 0 Å². The Morgan fingerprint density at radius 2 is 1.67 bits per heavy atom. The van der Waals surface area contributed by atoms with Crippen LogP contribution in [0.1, 0.15) is 24.2 Å². The van der Waals surface area contributed by atoms with Crippen molar-refractivity contribution in [1.29, 1.82) is 0 Å². The Balaban J connectivity index is 2.13. The highest BCUT2D eigenvalue weighted by Gasteiger charge is 2.25. The summed E-state index contributed by atoms with van der Waals surface area (Å²) in [5.74, 6) is 1.52. The molecule has 0 amide bonds. The summed E-state index contributed by atoms with van der Waals surface area (Å²) in [6, 6.07) is 7.84. The number of carbonyl (C=O) groups is 1. The summed E-state index contributed by atoms with van der Waals surface area (Å²) < 4.78 is 0. The van der Waals surface area contributed by atoms with Crippen molar-refractivity contribution in [1.82, 2.24) is 0 Å². The molecule has 2 unspecified atom stereocenters. The number of rotatable bonds is 2. The van der Waals surface area contributed by atoms with Crippen LogP contribution in [-0.2, 0) is 0 Å². The molecule has 80 valence electrons. The van der Waals surface area contributed by atoms with Crippen molar-refractivity contribution in [3.63, 3.8) is 0 Å². The third-order valence-electron chi connectivity index (χ3n) is 3.38. The first-order valence-electron chi connectivity index (χ1n) is 5.51. The largest absolute Gasteiger partial charge is 0.371 e. The van der Waals surface area contributed by atoms with Crippen LogP contribution >= 0.6 is 0 Å². The molecule has 0 radical (unpaired) electrons. The van der Waals surface area contributed by atoms with E-state index in [1.165, 1.54) is 5.69 Å². The second kappa shape index (κ2) is 4.05. The van der Waals surface area contributed by atoms with Crippen molar-refractivity contribution < 1.29 is 4.79 Å². The molecule has 1 aromatic rings. The Bertz CT molecular complexity index is 334. The Morgan fingerprint density at radius 1 is 1.13 bits per heavy atom. The van der Waals surface area contributed by atoms with Gasteiger partial charge >= 0.3 is 0 Å². The molecule has 0 spiro atoms. The molecule has 1 fully saturated rings. The van der Waals surface area contributed by atoms with E-state index in [0.29, 0.717) is 0 Å². The number of carbonyl (C=O) groups excluding carboxylic acids is 1. The lowest BCUT2D eigenvalue weighted by Crippen LogP contribution is -2.19. The zero-order valence-corrected chi connectivity index (χ0v) is 9.31. The van der Waals surface area contributed by atoms with E-state index in [2.05, 4.69) is 18.7 Å². The van der Waals surface area contributed by atoms with Gasteiger partial charge in [-0.15, -0.1) is 0 Å². The van der Waals surface area contributed by atoms with E-state index in [1.807, 2.05) is 24.3 Å². The highest BCUT2D eigenvalue weighted by atomic mass is 16.1. The van der Waals surface area contributed by atoms with Crippen LogP contribution in [0.15, 0.2) is 24.3 Å². The van der Waals surface area contributed by atoms with E-state index in [9.17, 15) is 4.79 Å². The van der Waals surface area contributed by atoms with E-state index >= 15 is 0 Å². The molecule has 1 aliphatic heterocycles. The maximum absolute atomic E-state index is 10.5. The highest BCUT2D eigenvalue weighted by molar-refractivity contribution is 5.75. The van der Waals surface area contributed by atoms with Crippen molar-refractivity contribution in [2.75, 3.05) is 18.0 Å². The molecule has 0 saturated carbocycles. The van der Waals surface area contributed by atoms with Gasteiger partial charge < -0.3 is 4.90 Å². The summed E-state index contributed by atoms with van der Waals surface area (Å²) in [6.07, 6.45) is 0.888. The topological polar surface area (TPSA) is 20.3 Å². The van der Waals surface area contributed by atoms with Gasteiger partial charge in [-0.2, -0.15) is 0 Å². The molecule has 1 heterocycles. The molecule has 1 saturated heterocycles. The number of aldehydes is 1. The standard InChI is InChI=1S/C13H17NO/c1-10-7-14(8-11(10)2)13-5-3-12(9-15)4-6-13/h3-6,9-11H,7-8H2,1-2H3. The third-order valence-corrected chi connectivity index (χ3v) is 3.38. The van der Waals surface area contributed by atoms with Crippen LogP contribution < -0.4 is 4.90 Å². The van der Waals surface area contributed by atoms with E-state index in [4.69, 9.17) is 0 Å². The van der Waals surface area contributed by atoms with Gasteiger partial charge in [0.15, 0.2) is 0 Å². The van der Waals surface area contributed by atoms with Gasteiger partial charge in [0.25, 0.3) is 0 Å². The molecule has 1 aliphatic rings. The average Bonchev–Trinajstić information content (AvgIpc) is 2.59. The number of nitrogens with zero attached hydrogens (tertiary/aromatic N) is 1. The van der Waals surface area contributed by atoms with Crippen LogP contribution in [0, 0.1) is 11.8 Å². The Labute approximate surface area is 90.9 Å². The van der Waals surface area contributed by atoms with Gasteiger partial charge in [0.2, 0.25) is 0 Å². The normalized spacial score (nSPS) is 25.6. The van der Waals surface area contributed by atoms with Crippen LogP contribution in [0.2, 0.25) is 0 Å². The lowest BCUT2D eigenvalue weighted by molar-refractivity contribution is 0.112. The summed E-state index contributed by atoms with van der Waals surface area (Å²) in [5, 5.41) is 0. The van der Waals surface area contributed by atoms with Crippen molar-refractivity contribution in [3.8, 4) is 0 Å². The second-order valence-corrected chi connectivity index (χ2v) is 4.57. The fraction of sp³-hybridized carbons (Fsp3) is 0.462. The van der Waals surface area contributed by atoms with Crippen molar-refractivity contribution in [2.24, 2.45) is 11.8 Å². The Morgan fingerprint density at radius 3 is 2.13 bits per heavy atom. The fourth-order valence-corrected chi connectivity index (χ4v) is 2.10. The summed E-state index contributed by atoms with van der Waals surface area (Å²) in [5.41, 5.74) is 1.98. The Kier molecular flexibility index (Phi) is 2.76. The maximum atomic E-state index is 10.5. The van der Waals surface area contributed by atoms with Crippen molar-refractivity contribution in [2.45, 2.75) is 13.8 Å². The summed E-state index contributed by atoms with van der Waals surface area (Å²) in [4.78, 5) is 12.9. The molecular weight excluding hydrogens is 186 g/mol. The third kappa shape index (κ3) is 2.04. The molecule has 2 heteroatoms. The minimum absolute atomic E-state index is 0.749. The number of hydrogen-bond acceptors (Lipinski definition) is 2. The van der Waals surface area contributed by atoms with Gasteiger partial charge in [-0.25, -0.2) is 0 Å². The second-order valence-electron chi connectivity index (χ2n) is 4.57. The van der Waals surface area contributed by atoms with E-state index in [1.54, 1.807) is 0 Å². The van der Waals surface area contributed by atoms with Crippen LogP contribution in [0.3, 0.4) is 0 Å². The van der Waals surface area contributed by atoms with E-state index < -0.39 is 0 Å². The predicted octanol–water partition coefficient (Wildman–Crippen LogP) is 2.59. The molecule has 0 N–H and O–H groups in total. The SMILES string of the molecule is CC1CN(c2ccc(C=O)cc2)CC1C. The molecule has 2 atom stereocenters. The highest BCUT2D eigenvalue weighted by Crippen LogP contribution is 2.27. The fourth-order valence-electron chi connectivity index (χ4n) is 2.10. The zero-order valence-electron chi connectivity index (χ0n) is 9.31. The maximum Gasteiger partial charge on any atom is 0.150 e. The summed E-state index contributed by atoms with van der Waals surface area (Å²) in [7, 11) is 0. The molecule has 0 aliphatic carbocycles. The van der Waals surface area contributed by atoms with Crippen LogP contribution in [0.4, 0.5) is 5.69 Å². The molecule has 0 aromatic heterocycles. The van der Waals surface area contributed by atoms with E-state index in [-0.39, 0.29) is 0 Å². The monoisotopic (exact) mass is 203 g/mol. The number of benzene rings is 1. The number of hydrogen-bond donors (Lipinski definition) is 0. The van der Waals surface area contributed by atoms with Gasteiger partial charge in [0.1, 0.15) is 6.29 Å². The summed E-state index contributed by atoms with van der Waals surface area (Å²) >= 11 is 0. The molecule has 2 nitrogen and oxygen atoms in total. The lowest BCUT2D eigenvalue weighted by atomic mass is 10.0. The Hall–Kier alpha value is -1.31. The minimum Gasteiger partial charge on any atom is -0.371 e. The van der Waals surface area contributed by atoms with Gasteiger partial charge in [-0.3, -0.25) is 4.79 Å². The first-order valence-corrected chi connectivity index (χ1v) is 5.51. The summed E-state index contributed by atoms with van der Waals surface area (Å²) in [6.45, 7) is 6.85. The first-order chi connectivity index (χ1) is 7.20. The minimum atomic E-state index is 0.749. The molecule has 1 aromatic carbocycles. The molecule has 15 heavy (non-hydrogen) atoms. The van der Waals surface area contributed by atoms with Gasteiger partial charge in [0, 0.05) is 24.3 Å². The predicted molar refractivity (Wildman–Crippen MR) is 62.4 cm³/mol. The van der Waals surface area contributed by atoms with Gasteiger partial charge in [-0.05, 0) is 36.1 Å². The van der Waals surface area contributed by atoms with E-state index in [0.717, 1.165) is 36.8 Å². The first kappa shape index (κ1) is 10.2. The van der Waals surface area contributed by atoms with Crippen LogP contribution in [0.5, 0.6) is 0 Å². The zero-order chi connectivity index (χ0) is 10.8. The van der Waals surface area contributed by atoms with Crippen LogP contribution in [-0.4, -0.2) is 19.4 Å². The smallest absolute Gasteiger partial charge is 0.150 e. The quantitative estimate of drug-likeness (QED) is 0.689. The average molecular weight is 203 g/mol.